The Morgan fingerprint density at radius 2 is 2.17 bits per heavy atom. The molecule has 0 fully saturated rings. The van der Waals surface area contributed by atoms with Crippen molar-refractivity contribution in [2.75, 3.05) is 24.2 Å². The van der Waals surface area contributed by atoms with Crippen LogP contribution in [0.15, 0.2) is 24.3 Å². The average molecular weight is 160 g/mol. The minimum atomic E-state index is 0.578. The lowest BCUT2D eigenvalue weighted by molar-refractivity contribution is 1.05. The van der Waals surface area contributed by atoms with Gasteiger partial charge in [-0.15, -0.1) is 6.42 Å². The van der Waals surface area contributed by atoms with Gasteiger partial charge in [0.05, 0.1) is 17.9 Å². The first-order valence-corrected chi connectivity index (χ1v) is 3.75. The fraction of sp³-hybridized carbons (Fsp3) is 0.200. The monoisotopic (exact) mass is 160 g/mol. The third kappa shape index (κ3) is 1.70. The summed E-state index contributed by atoms with van der Waals surface area (Å²) in [6.07, 6.45) is 5.18. The van der Waals surface area contributed by atoms with Gasteiger partial charge >= 0.3 is 0 Å². The molecule has 1 aromatic rings. The molecule has 62 valence electrons. The maximum absolute atomic E-state index is 5.74. The number of rotatable bonds is 2. The van der Waals surface area contributed by atoms with Gasteiger partial charge in [0.1, 0.15) is 0 Å². The van der Waals surface area contributed by atoms with Crippen molar-refractivity contribution in [2.45, 2.75) is 0 Å². The van der Waals surface area contributed by atoms with E-state index < -0.39 is 0 Å². The van der Waals surface area contributed by atoms with Crippen LogP contribution in [0.25, 0.3) is 0 Å². The zero-order chi connectivity index (χ0) is 8.97. The van der Waals surface area contributed by atoms with Crippen molar-refractivity contribution in [3.63, 3.8) is 0 Å². The first kappa shape index (κ1) is 8.48. The second-order valence-corrected chi connectivity index (χ2v) is 2.62. The van der Waals surface area contributed by atoms with Crippen LogP contribution < -0.4 is 10.6 Å². The fourth-order valence-corrected chi connectivity index (χ4v) is 1.06. The smallest absolute Gasteiger partial charge is 0.0789 e. The Morgan fingerprint density at radius 3 is 2.75 bits per heavy atom. The van der Waals surface area contributed by atoms with Crippen molar-refractivity contribution in [1.82, 2.24) is 0 Å². The Morgan fingerprint density at radius 1 is 1.50 bits per heavy atom. The second kappa shape index (κ2) is 3.68. The summed E-state index contributed by atoms with van der Waals surface area (Å²) in [5.41, 5.74) is 7.48. The lowest BCUT2D eigenvalue weighted by atomic mass is 10.2. The van der Waals surface area contributed by atoms with Crippen molar-refractivity contribution in [3.05, 3.63) is 24.3 Å². The Kier molecular flexibility index (Phi) is 2.60. The molecule has 2 nitrogen and oxygen atoms in total. The number of para-hydroxylation sites is 2. The van der Waals surface area contributed by atoms with Crippen LogP contribution in [0.2, 0.25) is 0 Å². The first-order chi connectivity index (χ1) is 5.75. The van der Waals surface area contributed by atoms with E-state index in [1.165, 1.54) is 0 Å². The van der Waals surface area contributed by atoms with E-state index in [2.05, 4.69) is 5.92 Å². The molecule has 0 spiro atoms. The number of terminal acetylenes is 1. The summed E-state index contributed by atoms with van der Waals surface area (Å²) in [5.74, 6) is 2.56. The number of nitrogens with zero attached hydrogens (tertiary/aromatic N) is 1. The molecule has 0 bridgehead atoms. The van der Waals surface area contributed by atoms with Crippen molar-refractivity contribution in [3.8, 4) is 12.3 Å². The average Bonchev–Trinajstić information content (AvgIpc) is 2.05. The van der Waals surface area contributed by atoms with Crippen LogP contribution >= 0.6 is 0 Å². The fourth-order valence-electron chi connectivity index (χ4n) is 1.06. The molecule has 2 N–H and O–H groups in total. The summed E-state index contributed by atoms with van der Waals surface area (Å²) in [4.78, 5) is 1.94. The molecule has 0 heterocycles. The molecule has 0 atom stereocenters. The van der Waals surface area contributed by atoms with Crippen LogP contribution in [0.1, 0.15) is 0 Å². The highest BCUT2D eigenvalue weighted by Crippen LogP contribution is 2.20. The van der Waals surface area contributed by atoms with Crippen LogP contribution in [0.4, 0.5) is 11.4 Å². The van der Waals surface area contributed by atoms with E-state index in [0.29, 0.717) is 6.54 Å². The minimum Gasteiger partial charge on any atom is -0.397 e. The molecule has 0 aromatic heterocycles. The van der Waals surface area contributed by atoms with Crippen molar-refractivity contribution in [2.24, 2.45) is 0 Å². The second-order valence-electron chi connectivity index (χ2n) is 2.62. The Labute approximate surface area is 73.0 Å². The van der Waals surface area contributed by atoms with E-state index in [0.717, 1.165) is 11.4 Å². The Balaban J connectivity index is 2.88. The minimum absolute atomic E-state index is 0.578. The van der Waals surface area contributed by atoms with Crippen molar-refractivity contribution >= 4 is 11.4 Å². The van der Waals surface area contributed by atoms with Crippen LogP contribution in [0, 0.1) is 12.3 Å². The summed E-state index contributed by atoms with van der Waals surface area (Å²) in [6, 6.07) is 7.66. The number of nitrogens with two attached hydrogens (primary N) is 1. The van der Waals surface area contributed by atoms with Crippen LogP contribution in [0.3, 0.4) is 0 Å². The van der Waals surface area contributed by atoms with E-state index >= 15 is 0 Å². The molecule has 1 aromatic carbocycles. The number of anilines is 2. The molecular weight excluding hydrogens is 148 g/mol. The molecule has 0 aliphatic rings. The molecule has 0 aliphatic heterocycles. The summed E-state index contributed by atoms with van der Waals surface area (Å²) in [6.45, 7) is 0.578. The highest BCUT2D eigenvalue weighted by Gasteiger charge is 2.00. The molecule has 0 amide bonds. The molecule has 0 radical (unpaired) electrons. The predicted molar refractivity (Wildman–Crippen MR) is 53.0 cm³/mol. The third-order valence-corrected chi connectivity index (χ3v) is 1.68. The molecule has 12 heavy (non-hydrogen) atoms. The summed E-state index contributed by atoms with van der Waals surface area (Å²) < 4.78 is 0. The third-order valence-electron chi connectivity index (χ3n) is 1.68. The Bertz CT molecular complexity index is 299. The predicted octanol–water partition coefficient (Wildman–Crippen LogP) is 1.34. The largest absolute Gasteiger partial charge is 0.397 e. The summed E-state index contributed by atoms with van der Waals surface area (Å²) >= 11 is 0. The SMILES string of the molecule is C#CCN(C)c1ccccc1N. The van der Waals surface area contributed by atoms with Crippen molar-refractivity contribution in [1.29, 1.82) is 0 Å². The zero-order valence-corrected chi connectivity index (χ0v) is 7.12. The van der Waals surface area contributed by atoms with E-state index in [1.54, 1.807) is 0 Å². The van der Waals surface area contributed by atoms with Gasteiger partial charge in [0.2, 0.25) is 0 Å². The number of hydrogen-bond acceptors (Lipinski definition) is 2. The molecule has 2 heteroatoms. The standard InChI is InChI=1S/C10H12N2/c1-3-8-12(2)10-7-5-4-6-9(10)11/h1,4-7H,8,11H2,2H3. The highest BCUT2D eigenvalue weighted by atomic mass is 15.1. The molecule has 0 saturated heterocycles. The first-order valence-electron chi connectivity index (χ1n) is 3.75. The lowest BCUT2D eigenvalue weighted by Crippen LogP contribution is -2.18. The van der Waals surface area contributed by atoms with Gasteiger partial charge in [-0.3, -0.25) is 0 Å². The van der Waals surface area contributed by atoms with Crippen molar-refractivity contribution < 1.29 is 0 Å². The summed E-state index contributed by atoms with van der Waals surface area (Å²) in [7, 11) is 1.92. The highest BCUT2D eigenvalue weighted by molar-refractivity contribution is 5.67. The van der Waals surface area contributed by atoms with Gasteiger partial charge in [0.15, 0.2) is 0 Å². The van der Waals surface area contributed by atoms with Gasteiger partial charge < -0.3 is 10.6 Å². The van der Waals surface area contributed by atoms with Gasteiger partial charge in [0, 0.05) is 7.05 Å². The molecule has 0 unspecified atom stereocenters. The quantitative estimate of drug-likeness (QED) is 0.522. The molecule has 0 saturated carbocycles. The van der Waals surface area contributed by atoms with Gasteiger partial charge in [-0.05, 0) is 12.1 Å². The topological polar surface area (TPSA) is 29.3 Å². The van der Waals surface area contributed by atoms with Gasteiger partial charge in [-0.25, -0.2) is 0 Å². The zero-order valence-electron chi connectivity index (χ0n) is 7.12. The van der Waals surface area contributed by atoms with E-state index in [-0.39, 0.29) is 0 Å². The van der Waals surface area contributed by atoms with Gasteiger partial charge in [-0.1, -0.05) is 18.1 Å². The maximum atomic E-state index is 5.74. The van der Waals surface area contributed by atoms with E-state index in [1.807, 2.05) is 36.2 Å². The number of hydrogen-bond donors (Lipinski definition) is 1. The van der Waals surface area contributed by atoms with E-state index in [4.69, 9.17) is 12.2 Å². The maximum Gasteiger partial charge on any atom is 0.0789 e. The lowest BCUT2D eigenvalue weighted by Gasteiger charge is -2.17. The molecular formula is C10H12N2. The number of benzene rings is 1. The van der Waals surface area contributed by atoms with Crippen LogP contribution in [-0.2, 0) is 0 Å². The number of nitrogen functional groups attached to an aromatic ring is 1. The summed E-state index contributed by atoms with van der Waals surface area (Å²) in [5, 5.41) is 0. The van der Waals surface area contributed by atoms with E-state index in [9.17, 15) is 0 Å². The normalized spacial score (nSPS) is 9.00. The van der Waals surface area contributed by atoms with Gasteiger partial charge in [0.25, 0.3) is 0 Å². The molecule has 1 rings (SSSR count). The van der Waals surface area contributed by atoms with Gasteiger partial charge in [-0.2, -0.15) is 0 Å². The Hall–Kier alpha value is -1.62. The van der Waals surface area contributed by atoms with Crippen LogP contribution in [0.5, 0.6) is 0 Å². The van der Waals surface area contributed by atoms with Crippen LogP contribution in [-0.4, -0.2) is 13.6 Å². The molecule has 0 aliphatic carbocycles.